The number of nitrogens with zero attached hydrogens (tertiary/aromatic N) is 1. The zero-order valence-corrected chi connectivity index (χ0v) is 9.77. The van der Waals surface area contributed by atoms with Gasteiger partial charge in [0.2, 0.25) is 0 Å². The summed E-state index contributed by atoms with van der Waals surface area (Å²) in [5.41, 5.74) is 6.09. The van der Waals surface area contributed by atoms with E-state index in [9.17, 15) is 9.59 Å². The van der Waals surface area contributed by atoms with Crippen LogP contribution in [-0.2, 0) is 0 Å². The number of rotatable bonds is 3. The second-order valence-corrected chi connectivity index (χ2v) is 4.35. The largest absolute Gasteiger partial charge is 0.477 e. The lowest BCUT2D eigenvalue weighted by molar-refractivity contribution is 0.0685. The standard InChI is InChI=1S/C11H8N2O4S/c12-8-2-1-6(9(13-8)11(16)17)5-3-7(10(14)15)18-4-5/h1-4H,(H2,12,13)(H,14,15)(H,16,17). The highest BCUT2D eigenvalue weighted by Crippen LogP contribution is 2.28. The van der Waals surface area contributed by atoms with E-state index in [4.69, 9.17) is 15.9 Å². The molecule has 18 heavy (non-hydrogen) atoms. The van der Waals surface area contributed by atoms with E-state index in [1.54, 1.807) is 5.38 Å². The van der Waals surface area contributed by atoms with Gasteiger partial charge in [0.15, 0.2) is 5.69 Å². The molecule has 2 aromatic rings. The van der Waals surface area contributed by atoms with Crippen molar-refractivity contribution in [2.75, 3.05) is 5.73 Å². The molecule has 6 nitrogen and oxygen atoms in total. The van der Waals surface area contributed by atoms with Crippen molar-refractivity contribution in [3.8, 4) is 11.1 Å². The van der Waals surface area contributed by atoms with Gasteiger partial charge in [-0.3, -0.25) is 0 Å². The average Bonchev–Trinajstić information content (AvgIpc) is 2.78. The molecule has 0 aliphatic heterocycles. The van der Waals surface area contributed by atoms with Crippen molar-refractivity contribution in [2.45, 2.75) is 0 Å². The normalized spacial score (nSPS) is 10.2. The van der Waals surface area contributed by atoms with Crippen LogP contribution in [0.15, 0.2) is 23.6 Å². The molecule has 0 fully saturated rings. The highest BCUT2D eigenvalue weighted by atomic mass is 32.1. The van der Waals surface area contributed by atoms with Gasteiger partial charge in [-0.25, -0.2) is 14.6 Å². The Hall–Kier alpha value is -2.41. The van der Waals surface area contributed by atoms with Crippen LogP contribution < -0.4 is 5.73 Å². The van der Waals surface area contributed by atoms with Gasteiger partial charge in [-0.05, 0) is 29.1 Å². The molecule has 0 aliphatic carbocycles. The van der Waals surface area contributed by atoms with Crippen molar-refractivity contribution in [3.05, 3.63) is 34.2 Å². The van der Waals surface area contributed by atoms with E-state index in [-0.39, 0.29) is 16.4 Å². The number of pyridine rings is 1. The zero-order valence-electron chi connectivity index (χ0n) is 8.95. The van der Waals surface area contributed by atoms with E-state index in [0.29, 0.717) is 11.1 Å². The number of nitrogen functional groups attached to an aromatic ring is 1. The van der Waals surface area contributed by atoms with Crippen LogP contribution in [0.4, 0.5) is 5.82 Å². The fraction of sp³-hybridized carbons (Fsp3) is 0. The lowest BCUT2D eigenvalue weighted by Gasteiger charge is -2.03. The van der Waals surface area contributed by atoms with Crippen molar-refractivity contribution in [1.82, 2.24) is 4.98 Å². The Kier molecular flexibility index (Phi) is 2.99. The summed E-state index contributed by atoms with van der Waals surface area (Å²) in [6.07, 6.45) is 0. The number of anilines is 1. The minimum absolute atomic E-state index is 0.102. The molecule has 0 saturated carbocycles. The Bertz CT molecular complexity index is 636. The third-order valence-corrected chi connectivity index (χ3v) is 3.16. The summed E-state index contributed by atoms with van der Waals surface area (Å²) >= 11 is 1.03. The molecule has 2 rings (SSSR count). The number of carboxylic acid groups (broad SMARTS) is 2. The number of carbonyl (C=O) groups is 2. The van der Waals surface area contributed by atoms with Gasteiger partial charge in [0.05, 0.1) is 0 Å². The van der Waals surface area contributed by atoms with Gasteiger partial charge in [-0.1, -0.05) is 0 Å². The maximum atomic E-state index is 11.1. The average molecular weight is 264 g/mol. The van der Waals surface area contributed by atoms with Gasteiger partial charge in [0.1, 0.15) is 10.7 Å². The number of hydrogen-bond acceptors (Lipinski definition) is 5. The molecule has 2 heterocycles. The highest BCUT2D eigenvalue weighted by molar-refractivity contribution is 7.12. The second-order valence-electron chi connectivity index (χ2n) is 3.44. The molecule has 0 radical (unpaired) electrons. The first-order chi connectivity index (χ1) is 8.49. The molecule has 2 aromatic heterocycles. The molecule has 92 valence electrons. The molecule has 0 bridgehead atoms. The minimum Gasteiger partial charge on any atom is -0.477 e. The van der Waals surface area contributed by atoms with E-state index in [0.717, 1.165) is 11.3 Å². The molecule has 0 saturated heterocycles. The van der Waals surface area contributed by atoms with Crippen molar-refractivity contribution in [2.24, 2.45) is 0 Å². The Morgan fingerprint density at radius 1 is 1.22 bits per heavy atom. The van der Waals surface area contributed by atoms with E-state index in [1.165, 1.54) is 18.2 Å². The van der Waals surface area contributed by atoms with Crippen LogP contribution >= 0.6 is 11.3 Å². The van der Waals surface area contributed by atoms with Gasteiger partial charge in [-0.15, -0.1) is 11.3 Å². The number of aromatic nitrogens is 1. The van der Waals surface area contributed by atoms with Crippen LogP contribution in [0.5, 0.6) is 0 Å². The topological polar surface area (TPSA) is 114 Å². The fourth-order valence-corrected chi connectivity index (χ4v) is 2.20. The number of aromatic carboxylic acids is 2. The van der Waals surface area contributed by atoms with Crippen LogP contribution in [0.25, 0.3) is 11.1 Å². The van der Waals surface area contributed by atoms with Gasteiger partial charge < -0.3 is 15.9 Å². The van der Waals surface area contributed by atoms with Crippen LogP contribution in [0, 0.1) is 0 Å². The lowest BCUT2D eigenvalue weighted by atomic mass is 10.1. The summed E-state index contributed by atoms with van der Waals surface area (Å²) in [4.78, 5) is 25.7. The van der Waals surface area contributed by atoms with Crippen LogP contribution in [0.3, 0.4) is 0 Å². The van der Waals surface area contributed by atoms with Crippen LogP contribution in [0.2, 0.25) is 0 Å². The molecule has 7 heteroatoms. The number of thiophene rings is 1. The van der Waals surface area contributed by atoms with Gasteiger partial charge in [0, 0.05) is 5.56 Å². The number of hydrogen-bond donors (Lipinski definition) is 3. The molecular formula is C11H8N2O4S. The van der Waals surface area contributed by atoms with E-state index in [2.05, 4.69) is 4.98 Å². The van der Waals surface area contributed by atoms with Crippen LogP contribution in [0.1, 0.15) is 20.2 Å². The predicted octanol–water partition coefficient (Wildman–Crippen LogP) is 1.79. The van der Waals surface area contributed by atoms with E-state index >= 15 is 0 Å². The molecule has 0 amide bonds. The van der Waals surface area contributed by atoms with Crippen molar-refractivity contribution < 1.29 is 19.8 Å². The number of carboxylic acids is 2. The van der Waals surface area contributed by atoms with Gasteiger partial charge in [-0.2, -0.15) is 0 Å². The first-order valence-corrected chi connectivity index (χ1v) is 5.69. The third-order valence-electron chi connectivity index (χ3n) is 2.24. The smallest absolute Gasteiger partial charge is 0.355 e. The minimum atomic E-state index is -1.21. The van der Waals surface area contributed by atoms with E-state index < -0.39 is 11.9 Å². The summed E-state index contributed by atoms with van der Waals surface area (Å²) in [6.45, 7) is 0. The Labute approximate surface area is 105 Å². The summed E-state index contributed by atoms with van der Waals surface area (Å²) in [5, 5.41) is 19.4. The molecule has 0 unspecified atom stereocenters. The molecular weight excluding hydrogens is 256 g/mol. The van der Waals surface area contributed by atoms with Crippen molar-refractivity contribution in [1.29, 1.82) is 0 Å². The summed E-state index contributed by atoms with van der Waals surface area (Å²) in [6, 6.07) is 4.39. The van der Waals surface area contributed by atoms with Crippen molar-refractivity contribution >= 4 is 29.1 Å². The van der Waals surface area contributed by atoms with Gasteiger partial charge in [0.25, 0.3) is 0 Å². The summed E-state index contributed by atoms with van der Waals surface area (Å²) < 4.78 is 0. The number of nitrogens with two attached hydrogens (primary N) is 1. The van der Waals surface area contributed by atoms with Gasteiger partial charge >= 0.3 is 11.9 Å². The van der Waals surface area contributed by atoms with Crippen LogP contribution in [-0.4, -0.2) is 27.1 Å². The molecule has 0 aliphatic rings. The Morgan fingerprint density at radius 3 is 2.50 bits per heavy atom. The lowest BCUT2D eigenvalue weighted by Crippen LogP contribution is -2.05. The Morgan fingerprint density at radius 2 is 1.94 bits per heavy atom. The fourth-order valence-electron chi connectivity index (χ4n) is 1.46. The summed E-state index contributed by atoms with van der Waals surface area (Å²) in [7, 11) is 0. The Balaban J connectivity index is 2.55. The first-order valence-electron chi connectivity index (χ1n) is 4.81. The SMILES string of the molecule is Nc1ccc(-c2csc(C(=O)O)c2)c(C(=O)O)n1. The molecule has 0 atom stereocenters. The quantitative estimate of drug-likeness (QED) is 0.778. The maximum Gasteiger partial charge on any atom is 0.355 e. The first kappa shape index (κ1) is 12.1. The van der Waals surface area contributed by atoms with Crippen molar-refractivity contribution in [3.63, 3.8) is 0 Å². The van der Waals surface area contributed by atoms with E-state index in [1.807, 2.05) is 0 Å². The maximum absolute atomic E-state index is 11.1. The monoisotopic (exact) mass is 264 g/mol. The highest BCUT2D eigenvalue weighted by Gasteiger charge is 2.16. The second kappa shape index (κ2) is 4.46. The predicted molar refractivity (Wildman–Crippen MR) is 65.9 cm³/mol. The molecule has 0 spiro atoms. The zero-order chi connectivity index (χ0) is 13.3. The molecule has 0 aromatic carbocycles. The third kappa shape index (κ3) is 2.16. The molecule has 4 N–H and O–H groups in total. The summed E-state index contributed by atoms with van der Waals surface area (Å²) in [5.74, 6) is -2.16.